The summed E-state index contributed by atoms with van der Waals surface area (Å²) in [5.41, 5.74) is 1.89. The zero-order chi connectivity index (χ0) is 21.1. The van der Waals surface area contributed by atoms with Gasteiger partial charge in [-0.3, -0.25) is 9.36 Å². The second-order valence-corrected chi connectivity index (χ2v) is 6.57. The summed E-state index contributed by atoms with van der Waals surface area (Å²) in [5.74, 6) is -1.09. The van der Waals surface area contributed by atoms with Gasteiger partial charge >= 0.3 is 5.97 Å². The zero-order valence-electron chi connectivity index (χ0n) is 16.1. The van der Waals surface area contributed by atoms with E-state index < -0.39 is 5.97 Å². The van der Waals surface area contributed by atoms with Crippen molar-refractivity contribution in [3.8, 4) is 16.9 Å². The van der Waals surface area contributed by atoms with Crippen molar-refractivity contribution < 1.29 is 14.6 Å². The van der Waals surface area contributed by atoms with Crippen molar-refractivity contribution >= 4 is 29.1 Å². The molecule has 2 aromatic heterocycles. The highest BCUT2D eigenvalue weighted by atomic mass is 16.5. The predicted molar refractivity (Wildman–Crippen MR) is 116 cm³/mol. The van der Waals surface area contributed by atoms with Crippen LogP contribution < -0.4 is 5.56 Å². The Kier molecular flexibility index (Phi) is 5.13. The number of nitrogens with zero attached hydrogens (tertiary/aromatic N) is 2. The van der Waals surface area contributed by atoms with E-state index in [0.29, 0.717) is 22.0 Å². The van der Waals surface area contributed by atoms with E-state index in [4.69, 9.17) is 4.74 Å². The van der Waals surface area contributed by atoms with Crippen molar-refractivity contribution in [3.05, 3.63) is 94.5 Å². The maximum atomic E-state index is 13.3. The minimum absolute atomic E-state index is 0.207. The van der Waals surface area contributed by atoms with E-state index in [-0.39, 0.29) is 17.0 Å². The van der Waals surface area contributed by atoms with E-state index in [1.165, 1.54) is 17.9 Å². The lowest BCUT2D eigenvalue weighted by Gasteiger charge is -2.12. The van der Waals surface area contributed by atoms with E-state index in [2.05, 4.69) is 4.98 Å². The van der Waals surface area contributed by atoms with Crippen molar-refractivity contribution in [2.24, 2.45) is 0 Å². The predicted octanol–water partition coefficient (Wildman–Crippen LogP) is 4.18. The lowest BCUT2D eigenvalue weighted by atomic mass is 10.0. The first-order valence-corrected chi connectivity index (χ1v) is 9.24. The van der Waals surface area contributed by atoms with Crippen LogP contribution in [0.2, 0.25) is 0 Å². The summed E-state index contributed by atoms with van der Waals surface area (Å²) in [7, 11) is 1.21. The summed E-state index contributed by atoms with van der Waals surface area (Å²) >= 11 is 0. The Morgan fingerprint density at radius 1 is 1.07 bits per heavy atom. The first kappa shape index (κ1) is 19.1. The number of rotatable bonds is 4. The van der Waals surface area contributed by atoms with Gasteiger partial charge in [0.2, 0.25) is 0 Å². The lowest BCUT2D eigenvalue weighted by Crippen LogP contribution is -2.19. The van der Waals surface area contributed by atoms with Gasteiger partial charge in [-0.1, -0.05) is 60.7 Å². The number of fused-ring (bicyclic) bond motifs is 1. The van der Waals surface area contributed by atoms with Crippen LogP contribution in [0, 0.1) is 0 Å². The lowest BCUT2D eigenvalue weighted by molar-refractivity contribution is 0.0591. The molecule has 0 aliphatic rings. The van der Waals surface area contributed by atoms with Crippen LogP contribution in [0.25, 0.3) is 34.3 Å². The third-order valence-corrected chi connectivity index (χ3v) is 4.75. The highest BCUT2D eigenvalue weighted by molar-refractivity contribution is 5.99. The minimum Gasteiger partial charge on any atom is -0.505 e. The van der Waals surface area contributed by atoms with Crippen molar-refractivity contribution in [2.75, 3.05) is 7.11 Å². The molecule has 148 valence electrons. The molecular formula is C24H18N2O4. The summed E-state index contributed by atoms with van der Waals surface area (Å²) in [6, 6.07) is 20.2. The van der Waals surface area contributed by atoms with E-state index in [0.717, 1.165) is 5.56 Å². The quantitative estimate of drug-likeness (QED) is 0.522. The molecule has 0 aliphatic heterocycles. The van der Waals surface area contributed by atoms with E-state index in [1.807, 2.05) is 60.7 Å². The van der Waals surface area contributed by atoms with Crippen LogP contribution in [-0.4, -0.2) is 27.7 Å². The van der Waals surface area contributed by atoms with Crippen LogP contribution in [-0.2, 0) is 4.74 Å². The maximum Gasteiger partial charge on any atom is 0.360 e. The van der Waals surface area contributed by atoms with E-state index in [9.17, 15) is 14.7 Å². The topological polar surface area (TPSA) is 81.4 Å². The molecule has 0 unspecified atom stereocenters. The standard InChI is InChI=1S/C24H18N2O4/c1-30-24(29)21-22(27)19-14-18(17-10-6-3-7-11-17)23(28)26(20(19)15-25-21)13-12-16-8-4-2-5-9-16/h2-15,27H,1H3. The molecule has 0 spiro atoms. The van der Waals surface area contributed by atoms with Crippen molar-refractivity contribution in [2.45, 2.75) is 0 Å². The average molecular weight is 398 g/mol. The number of carbonyl (C=O) groups excluding carboxylic acids is 1. The average Bonchev–Trinajstić information content (AvgIpc) is 2.79. The monoisotopic (exact) mass is 398 g/mol. The van der Waals surface area contributed by atoms with Gasteiger partial charge in [0.05, 0.1) is 18.8 Å². The molecule has 4 aromatic rings. The highest BCUT2D eigenvalue weighted by Gasteiger charge is 2.19. The number of benzene rings is 2. The van der Waals surface area contributed by atoms with Crippen LogP contribution in [0.3, 0.4) is 0 Å². The SMILES string of the molecule is COC(=O)c1ncc2c(cc(-c3ccccc3)c(=O)n2C=Cc2ccccc2)c1O. The molecule has 2 heterocycles. The van der Waals surface area contributed by atoms with Crippen LogP contribution >= 0.6 is 0 Å². The molecule has 0 aliphatic carbocycles. The Bertz CT molecular complexity index is 1310. The van der Waals surface area contributed by atoms with Gasteiger partial charge in [-0.2, -0.15) is 0 Å². The number of esters is 1. The number of methoxy groups -OCH3 is 1. The first-order chi connectivity index (χ1) is 14.6. The van der Waals surface area contributed by atoms with Crippen LogP contribution in [0.4, 0.5) is 0 Å². The number of ether oxygens (including phenoxy) is 1. The molecule has 2 aromatic carbocycles. The summed E-state index contributed by atoms with van der Waals surface area (Å²) in [6.45, 7) is 0. The van der Waals surface area contributed by atoms with E-state index >= 15 is 0 Å². The third-order valence-electron chi connectivity index (χ3n) is 4.75. The molecule has 6 nitrogen and oxygen atoms in total. The zero-order valence-corrected chi connectivity index (χ0v) is 16.1. The summed E-state index contributed by atoms with van der Waals surface area (Å²) in [5, 5.41) is 11.0. The Morgan fingerprint density at radius 3 is 2.40 bits per heavy atom. The molecule has 4 rings (SSSR count). The molecule has 0 saturated heterocycles. The molecule has 1 N–H and O–H groups in total. The Hall–Kier alpha value is -4.19. The number of aromatic hydroxyl groups is 1. The third kappa shape index (κ3) is 3.46. The summed E-state index contributed by atoms with van der Waals surface area (Å²) < 4.78 is 6.11. The van der Waals surface area contributed by atoms with Gasteiger partial charge in [0.1, 0.15) is 0 Å². The van der Waals surface area contributed by atoms with Gasteiger partial charge < -0.3 is 9.84 Å². The number of carbonyl (C=O) groups is 1. The normalized spacial score (nSPS) is 11.1. The summed E-state index contributed by atoms with van der Waals surface area (Å²) in [6.07, 6.45) is 4.80. The molecule has 0 radical (unpaired) electrons. The van der Waals surface area contributed by atoms with Crippen molar-refractivity contribution in [3.63, 3.8) is 0 Å². The smallest absolute Gasteiger partial charge is 0.360 e. The van der Waals surface area contributed by atoms with Gasteiger partial charge in [-0.15, -0.1) is 0 Å². The number of hydrogen-bond donors (Lipinski definition) is 1. The van der Waals surface area contributed by atoms with Gasteiger partial charge in [0.25, 0.3) is 5.56 Å². The fourth-order valence-electron chi connectivity index (χ4n) is 3.23. The molecule has 0 saturated carbocycles. The van der Waals surface area contributed by atoms with E-state index in [1.54, 1.807) is 18.3 Å². The minimum atomic E-state index is -0.756. The molecule has 0 amide bonds. The maximum absolute atomic E-state index is 13.3. The largest absolute Gasteiger partial charge is 0.505 e. The fourth-order valence-corrected chi connectivity index (χ4v) is 3.23. The van der Waals surface area contributed by atoms with Crippen LogP contribution in [0.1, 0.15) is 16.1 Å². The second kappa shape index (κ2) is 8.05. The molecule has 0 atom stereocenters. The van der Waals surface area contributed by atoms with Crippen molar-refractivity contribution in [1.82, 2.24) is 9.55 Å². The molecule has 6 heteroatoms. The van der Waals surface area contributed by atoms with Crippen LogP contribution in [0.15, 0.2) is 77.7 Å². The Morgan fingerprint density at radius 2 is 1.73 bits per heavy atom. The van der Waals surface area contributed by atoms with Crippen LogP contribution in [0.5, 0.6) is 5.75 Å². The molecular weight excluding hydrogens is 380 g/mol. The number of aromatic nitrogens is 2. The Labute approximate surface area is 172 Å². The van der Waals surface area contributed by atoms with Gasteiger partial charge in [-0.25, -0.2) is 9.78 Å². The first-order valence-electron chi connectivity index (χ1n) is 9.24. The van der Waals surface area contributed by atoms with Gasteiger partial charge in [0, 0.05) is 17.1 Å². The van der Waals surface area contributed by atoms with Gasteiger partial charge in [0.15, 0.2) is 11.4 Å². The second-order valence-electron chi connectivity index (χ2n) is 6.57. The molecule has 0 bridgehead atoms. The Balaban J connectivity index is 2.02. The summed E-state index contributed by atoms with van der Waals surface area (Å²) in [4.78, 5) is 29.3. The molecule has 0 fully saturated rings. The fraction of sp³-hybridized carbons (Fsp3) is 0.0417. The number of pyridine rings is 2. The number of hydrogen-bond acceptors (Lipinski definition) is 5. The highest BCUT2D eigenvalue weighted by Crippen LogP contribution is 2.30. The van der Waals surface area contributed by atoms with Crippen molar-refractivity contribution in [1.29, 1.82) is 0 Å². The molecule has 30 heavy (non-hydrogen) atoms. The van der Waals surface area contributed by atoms with Gasteiger partial charge in [-0.05, 0) is 23.3 Å².